The van der Waals surface area contributed by atoms with Gasteiger partial charge in [0, 0.05) is 22.4 Å². The van der Waals surface area contributed by atoms with Gasteiger partial charge < -0.3 is 14.7 Å². The van der Waals surface area contributed by atoms with Gasteiger partial charge in [-0.2, -0.15) is 16.3 Å². The van der Waals surface area contributed by atoms with Crippen molar-refractivity contribution in [1.82, 2.24) is 20.4 Å². The highest BCUT2D eigenvalue weighted by Gasteiger charge is 2.15. The van der Waals surface area contributed by atoms with Gasteiger partial charge in [0.25, 0.3) is 0 Å². The highest BCUT2D eigenvalue weighted by atomic mass is 32.1. The average molecular weight is 334 g/mol. The van der Waals surface area contributed by atoms with Crippen molar-refractivity contribution in [1.29, 1.82) is 0 Å². The van der Waals surface area contributed by atoms with E-state index in [4.69, 9.17) is 4.52 Å². The summed E-state index contributed by atoms with van der Waals surface area (Å²) in [5.74, 6) is 1.27. The minimum Gasteiger partial charge on any atom is -0.338 e. The molecule has 22 heavy (non-hydrogen) atoms. The fraction of sp³-hybridized carbons (Fsp3) is 0.333. The highest BCUT2D eigenvalue weighted by Crippen LogP contribution is 2.22. The van der Waals surface area contributed by atoms with Gasteiger partial charge in [0.1, 0.15) is 0 Å². The summed E-state index contributed by atoms with van der Waals surface area (Å²) in [7, 11) is 4.18. The number of likely N-dealkylation sites (N-methyl/N-ethyl adjacent to an activating group) is 1. The van der Waals surface area contributed by atoms with Gasteiger partial charge in [-0.3, -0.25) is 0 Å². The van der Waals surface area contributed by atoms with E-state index >= 15 is 0 Å². The molecule has 0 aromatic carbocycles. The molecule has 3 heterocycles. The topological polar surface area (TPSA) is 54.2 Å². The van der Waals surface area contributed by atoms with Crippen LogP contribution in [0.3, 0.4) is 0 Å². The third-order valence-corrected chi connectivity index (χ3v) is 5.01. The van der Waals surface area contributed by atoms with Crippen LogP contribution < -0.4 is 5.32 Å². The van der Waals surface area contributed by atoms with Crippen LogP contribution in [0.4, 0.5) is 0 Å². The van der Waals surface area contributed by atoms with Crippen molar-refractivity contribution < 1.29 is 4.52 Å². The molecule has 0 bridgehead atoms. The molecule has 0 spiro atoms. The molecule has 1 atom stereocenters. The Morgan fingerprint density at radius 1 is 1.32 bits per heavy atom. The number of rotatable bonds is 7. The second-order valence-corrected chi connectivity index (χ2v) is 6.91. The van der Waals surface area contributed by atoms with Gasteiger partial charge in [0.2, 0.25) is 11.7 Å². The standard InChI is InChI=1S/C15H18N4OS2/c1-19(2)12(13-4-3-6-22-13)8-16-9-14-17-15(18-20-14)11-5-7-21-10-11/h3-7,10,12,16H,8-9H2,1-2H3/t12-/m1/s1. The van der Waals surface area contributed by atoms with Crippen LogP contribution in [0.15, 0.2) is 38.9 Å². The second kappa shape index (κ2) is 7.15. The molecule has 0 aliphatic rings. The van der Waals surface area contributed by atoms with E-state index in [9.17, 15) is 0 Å². The Bertz CT molecular complexity index is 676. The zero-order chi connectivity index (χ0) is 15.4. The first-order valence-electron chi connectivity index (χ1n) is 6.99. The molecule has 1 N–H and O–H groups in total. The van der Waals surface area contributed by atoms with E-state index in [1.807, 2.05) is 16.8 Å². The molecule has 116 valence electrons. The van der Waals surface area contributed by atoms with Crippen molar-refractivity contribution in [2.24, 2.45) is 0 Å². The summed E-state index contributed by atoms with van der Waals surface area (Å²) in [4.78, 5) is 7.97. The van der Waals surface area contributed by atoms with Crippen LogP contribution in [0, 0.1) is 0 Å². The first kappa shape index (κ1) is 15.4. The summed E-state index contributed by atoms with van der Waals surface area (Å²) in [6.07, 6.45) is 0. The van der Waals surface area contributed by atoms with Gasteiger partial charge in [-0.15, -0.1) is 11.3 Å². The molecule has 0 amide bonds. The van der Waals surface area contributed by atoms with Crippen molar-refractivity contribution in [2.75, 3.05) is 20.6 Å². The largest absolute Gasteiger partial charge is 0.338 e. The Kier molecular flexibility index (Phi) is 4.99. The molecule has 3 rings (SSSR count). The van der Waals surface area contributed by atoms with Crippen molar-refractivity contribution in [3.8, 4) is 11.4 Å². The van der Waals surface area contributed by atoms with E-state index in [1.165, 1.54) is 4.88 Å². The fourth-order valence-electron chi connectivity index (χ4n) is 2.17. The Hall–Kier alpha value is -1.54. The number of hydrogen-bond donors (Lipinski definition) is 1. The Morgan fingerprint density at radius 2 is 2.23 bits per heavy atom. The normalized spacial score (nSPS) is 12.9. The molecule has 0 saturated heterocycles. The van der Waals surface area contributed by atoms with E-state index in [2.05, 4.69) is 52.0 Å². The van der Waals surface area contributed by atoms with Crippen LogP contribution in [0.5, 0.6) is 0 Å². The number of hydrogen-bond acceptors (Lipinski definition) is 7. The fourth-order valence-corrected chi connectivity index (χ4v) is 3.73. The zero-order valence-electron chi connectivity index (χ0n) is 12.5. The van der Waals surface area contributed by atoms with Crippen molar-refractivity contribution in [3.63, 3.8) is 0 Å². The third-order valence-electron chi connectivity index (χ3n) is 3.36. The zero-order valence-corrected chi connectivity index (χ0v) is 14.2. The third kappa shape index (κ3) is 3.61. The molecular formula is C15H18N4OS2. The predicted octanol–water partition coefficient (Wildman–Crippen LogP) is 3.25. The van der Waals surface area contributed by atoms with Crippen LogP contribution in [-0.2, 0) is 6.54 Å². The van der Waals surface area contributed by atoms with Crippen LogP contribution in [0.1, 0.15) is 16.8 Å². The van der Waals surface area contributed by atoms with Crippen LogP contribution >= 0.6 is 22.7 Å². The molecule has 3 aromatic rings. The van der Waals surface area contributed by atoms with Gasteiger partial charge in [-0.1, -0.05) is 11.2 Å². The Balaban J connectivity index is 1.56. The quantitative estimate of drug-likeness (QED) is 0.719. The minimum absolute atomic E-state index is 0.347. The maximum Gasteiger partial charge on any atom is 0.240 e. The van der Waals surface area contributed by atoms with Gasteiger partial charge in [-0.05, 0) is 37.0 Å². The molecule has 0 saturated carbocycles. The van der Waals surface area contributed by atoms with Crippen LogP contribution in [-0.4, -0.2) is 35.7 Å². The number of nitrogens with zero attached hydrogens (tertiary/aromatic N) is 3. The molecular weight excluding hydrogens is 316 g/mol. The lowest BCUT2D eigenvalue weighted by Gasteiger charge is -2.23. The summed E-state index contributed by atoms with van der Waals surface area (Å²) in [6.45, 7) is 1.41. The second-order valence-electron chi connectivity index (χ2n) is 5.15. The van der Waals surface area contributed by atoms with E-state index in [1.54, 1.807) is 22.7 Å². The SMILES string of the molecule is CN(C)[C@H](CNCc1nc(-c2ccsc2)no1)c1cccs1. The molecule has 7 heteroatoms. The summed E-state index contributed by atoms with van der Waals surface area (Å²) < 4.78 is 5.29. The Labute approximate surface area is 137 Å². The molecule has 0 fully saturated rings. The van der Waals surface area contributed by atoms with E-state index in [-0.39, 0.29) is 0 Å². The van der Waals surface area contributed by atoms with Crippen molar-refractivity contribution in [2.45, 2.75) is 12.6 Å². The summed E-state index contributed by atoms with van der Waals surface area (Å²) in [5, 5.41) is 13.5. The maximum atomic E-state index is 5.29. The number of nitrogens with one attached hydrogen (secondary N) is 1. The summed E-state index contributed by atoms with van der Waals surface area (Å²) in [5.41, 5.74) is 1.00. The lowest BCUT2D eigenvalue weighted by atomic mass is 10.2. The van der Waals surface area contributed by atoms with E-state index < -0.39 is 0 Å². The van der Waals surface area contributed by atoms with E-state index in [0.29, 0.717) is 24.3 Å². The molecule has 0 radical (unpaired) electrons. The lowest BCUT2D eigenvalue weighted by Crippen LogP contribution is -2.30. The molecule has 5 nitrogen and oxygen atoms in total. The number of aromatic nitrogens is 2. The molecule has 0 aliphatic heterocycles. The van der Waals surface area contributed by atoms with Gasteiger partial charge in [0.05, 0.1) is 12.6 Å². The van der Waals surface area contributed by atoms with E-state index in [0.717, 1.165) is 12.1 Å². The monoisotopic (exact) mass is 334 g/mol. The van der Waals surface area contributed by atoms with Crippen molar-refractivity contribution >= 4 is 22.7 Å². The van der Waals surface area contributed by atoms with Gasteiger partial charge in [-0.25, -0.2) is 0 Å². The highest BCUT2D eigenvalue weighted by molar-refractivity contribution is 7.10. The lowest BCUT2D eigenvalue weighted by molar-refractivity contribution is 0.285. The van der Waals surface area contributed by atoms with Gasteiger partial charge >= 0.3 is 0 Å². The predicted molar refractivity (Wildman–Crippen MR) is 90.1 cm³/mol. The summed E-state index contributed by atoms with van der Waals surface area (Å²) in [6, 6.07) is 6.59. The van der Waals surface area contributed by atoms with Crippen LogP contribution in [0.25, 0.3) is 11.4 Å². The Morgan fingerprint density at radius 3 is 2.91 bits per heavy atom. The molecule has 0 aliphatic carbocycles. The number of thiophene rings is 2. The molecule has 3 aromatic heterocycles. The summed E-state index contributed by atoms with van der Waals surface area (Å²) >= 11 is 3.40. The maximum absolute atomic E-state index is 5.29. The smallest absolute Gasteiger partial charge is 0.240 e. The average Bonchev–Trinajstić information content (AvgIpc) is 3.23. The van der Waals surface area contributed by atoms with Gasteiger partial charge in [0.15, 0.2) is 0 Å². The molecule has 0 unspecified atom stereocenters. The first-order chi connectivity index (χ1) is 10.7. The van der Waals surface area contributed by atoms with Crippen molar-refractivity contribution in [3.05, 3.63) is 45.1 Å². The van der Waals surface area contributed by atoms with Crippen LogP contribution in [0.2, 0.25) is 0 Å². The minimum atomic E-state index is 0.347. The first-order valence-corrected chi connectivity index (χ1v) is 8.82.